The molecule has 0 atom stereocenters. The fourth-order valence-corrected chi connectivity index (χ4v) is 1.15. The summed E-state index contributed by atoms with van der Waals surface area (Å²) >= 11 is 0. The number of hydrogen-bond acceptors (Lipinski definition) is 2. The maximum absolute atomic E-state index is 10.5. The summed E-state index contributed by atoms with van der Waals surface area (Å²) < 4.78 is 33.5. The van der Waals surface area contributed by atoms with Gasteiger partial charge in [-0.05, 0) is 6.07 Å². The molecule has 4 nitrogen and oxygen atoms in total. The number of nitrogens with zero attached hydrogens (tertiary/aromatic N) is 1. The number of hydrogen-bond donors (Lipinski definition) is 1. The Labute approximate surface area is 94.3 Å². The van der Waals surface area contributed by atoms with Crippen LogP contribution in [-0.2, 0) is 11.8 Å². The van der Waals surface area contributed by atoms with Crippen molar-refractivity contribution in [2.45, 2.75) is 6.18 Å². The van der Waals surface area contributed by atoms with Gasteiger partial charge in [0.05, 0.1) is 11.6 Å². The van der Waals surface area contributed by atoms with Gasteiger partial charge in [-0.2, -0.15) is 18.3 Å². The fourth-order valence-electron chi connectivity index (χ4n) is 1.15. The Balaban J connectivity index is 0.000000185. The van der Waals surface area contributed by atoms with Gasteiger partial charge in [0.1, 0.15) is 5.97 Å². The van der Waals surface area contributed by atoms with Gasteiger partial charge in [-0.15, -0.1) is 4.68 Å². The number of benzene rings is 1. The van der Waals surface area contributed by atoms with E-state index in [4.69, 9.17) is 9.90 Å². The quantitative estimate of drug-likeness (QED) is 0.679. The van der Waals surface area contributed by atoms with E-state index in [0.29, 0.717) is 0 Å². The molecule has 0 fully saturated rings. The van der Waals surface area contributed by atoms with Crippen molar-refractivity contribution >= 4 is 16.9 Å². The third-order valence-electron chi connectivity index (χ3n) is 1.94. The number of para-hydroxylation sites is 1. The summed E-state index contributed by atoms with van der Waals surface area (Å²) in [7, 11) is 2.00. The van der Waals surface area contributed by atoms with Crippen LogP contribution in [0.25, 0.3) is 10.9 Å². The normalized spacial score (nSPS) is 10.8. The van der Waals surface area contributed by atoms with Crippen LogP contribution in [0, 0.1) is 0 Å². The Hall–Kier alpha value is -2.05. The predicted molar refractivity (Wildman–Crippen MR) is 50.5 cm³/mol. The lowest BCUT2D eigenvalue weighted by Crippen LogP contribution is -2.37. The number of fused-ring (bicyclic) bond motifs is 1. The molecule has 0 aliphatic carbocycles. The van der Waals surface area contributed by atoms with E-state index in [0.717, 1.165) is 0 Å². The van der Waals surface area contributed by atoms with Gasteiger partial charge in [0, 0.05) is 6.07 Å². The first kappa shape index (κ1) is 13.0. The monoisotopic (exact) mass is 246 g/mol. The maximum atomic E-state index is 10.5. The van der Waals surface area contributed by atoms with Crippen molar-refractivity contribution < 1.29 is 27.8 Å². The largest absolute Gasteiger partial charge is 0.542 e. The van der Waals surface area contributed by atoms with Crippen molar-refractivity contribution in [1.82, 2.24) is 5.10 Å². The number of carboxylic acid groups (broad SMARTS) is 1. The van der Waals surface area contributed by atoms with E-state index in [1.165, 1.54) is 10.9 Å². The lowest BCUT2D eigenvalue weighted by molar-refractivity contribution is -0.702. The van der Waals surface area contributed by atoms with Gasteiger partial charge in [-0.3, -0.25) is 0 Å². The number of H-pyrrole nitrogens is 1. The molecule has 7 heteroatoms. The zero-order valence-corrected chi connectivity index (χ0v) is 8.78. The fraction of sp³-hybridized carbons (Fsp3) is 0.200. The molecule has 0 aliphatic heterocycles. The Kier molecular flexibility index (Phi) is 3.72. The molecule has 0 saturated carbocycles. The molecule has 92 valence electrons. The van der Waals surface area contributed by atoms with E-state index in [1.54, 1.807) is 0 Å². The SMILES string of the molecule is C[n+]1[nH]cc2ccccc21.O=C([O-])C(F)(F)F. The number of aromatic nitrogens is 2. The molecule has 1 aromatic carbocycles. The molecular formula is C10H9F3N2O2. The summed E-state index contributed by atoms with van der Waals surface area (Å²) in [6.45, 7) is 0. The molecule has 1 aromatic heterocycles. The summed E-state index contributed by atoms with van der Waals surface area (Å²) in [6.07, 6.45) is -3.20. The first-order chi connectivity index (χ1) is 7.82. The van der Waals surface area contributed by atoms with Gasteiger partial charge >= 0.3 is 6.18 Å². The summed E-state index contributed by atoms with van der Waals surface area (Å²) in [5.74, 6) is -3.01. The molecule has 0 unspecified atom stereocenters. The average molecular weight is 246 g/mol. The van der Waals surface area contributed by atoms with Crippen LogP contribution in [0.1, 0.15) is 0 Å². The standard InChI is InChI=1S/C8H8N2.C2HF3O2/c1-10-8-5-3-2-4-7(8)6-9-10;3-2(4,5)1(6)7/h2-6H,1H3;(H,6,7). The van der Waals surface area contributed by atoms with Crippen LogP contribution in [0.4, 0.5) is 13.2 Å². The van der Waals surface area contributed by atoms with Crippen LogP contribution in [0.3, 0.4) is 0 Å². The highest BCUT2D eigenvalue weighted by molar-refractivity contribution is 5.74. The van der Waals surface area contributed by atoms with Crippen LogP contribution in [0.2, 0.25) is 0 Å². The Morgan fingerprint density at radius 3 is 2.35 bits per heavy atom. The average Bonchev–Trinajstić information content (AvgIpc) is 2.61. The number of alkyl halides is 3. The third-order valence-corrected chi connectivity index (χ3v) is 1.94. The van der Waals surface area contributed by atoms with E-state index in [1.807, 2.05) is 30.1 Å². The molecule has 2 rings (SSSR count). The molecule has 0 amide bonds. The van der Waals surface area contributed by atoms with E-state index < -0.39 is 12.1 Å². The lowest BCUT2D eigenvalue weighted by atomic mass is 10.3. The zero-order valence-electron chi connectivity index (χ0n) is 8.78. The third kappa shape index (κ3) is 3.47. The van der Waals surface area contributed by atoms with Crippen LogP contribution in [0.15, 0.2) is 30.5 Å². The minimum atomic E-state index is -5.19. The first-order valence-corrected chi connectivity index (χ1v) is 4.52. The Bertz CT molecular complexity index is 519. The van der Waals surface area contributed by atoms with Crippen molar-refractivity contribution in [3.05, 3.63) is 30.5 Å². The number of nitrogens with one attached hydrogen (secondary N) is 1. The van der Waals surface area contributed by atoms with Crippen molar-refractivity contribution in [3.8, 4) is 0 Å². The number of rotatable bonds is 0. The topological polar surface area (TPSA) is 59.8 Å². The highest BCUT2D eigenvalue weighted by Crippen LogP contribution is 2.11. The van der Waals surface area contributed by atoms with Crippen molar-refractivity contribution in [2.24, 2.45) is 7.05 Å². The van der Waals surface area contributed by atoms with E-state index in [9.17, 15) is 13.2 Å². The number of halogens is 3. The second kappa shape index (κ2) is 4.86. The molecule has 0 bridgehead atoms. The lowest BCUT2D eigenvalue weighted by Gasteiger charge is -2.03. The number of aromatic amines is 1. The van der Waals surface area contributed by atoms with E-state index in [-0.39, 0.29) is 0 Å². The van der Waals surface area contributed by atoms with E-state index >= 15 is 0 Å². The first-order valence-electron chi connectivity index (χ1n) is 4.52. The van der Waals surface area contributed by atoms with Gasteiger partial charge in [0.25, 0.3) is 0 Å². The van der Waals surface area contributed by atoms with Crippen molar-refractivity contribution in [2.75, 3.05) is 0 Å². The summed E-state index contributed by atoms with van der Waals surface area (Å²) in [5, 5.41) is 13.1. The number of carbonyl (C=O) groups is 1. The number of aliphatic carboxylic acids is 1. The molecule has 0 radical (unpaired) electrons. The number of carboxylic acids is 1. The summed E-state index contributed by atoms with van der Waals surface area (Å²) in [6, 6.07) is 8.25. The zero-order chi connectivity index (χ0) is 13.1. The van der Waals surface area contributed by atoms with Crippen LogP contribution in [-0.4, -0.2) is 17.2 Å². The van der Waals surface area contributed by atoms with E-state index in [2.05, 4.69) is 17.2 Å². The highest BCUT2D eigenvalue weighted by Gasteiger charge is 2.28. The number of aryl methyl sites for hydroxylation is 1. The Morgan fingerprint density at radius 2 is 1.88 bits per heavy atom. The molecule has 0 saturated heterocycles. The van der Waals surface area contributed by atoms with Crippen molar-refractivity contribution in [3.63, 3.8) is 0 Å². The van der Waals surface area contributed by atoms with Crippen LogP contribution >= 0.6 is 0 Å². The maximum Gasteiger partial charge on any atom is 0.430 e. The summed E-state index contributed by atoms with van der Waals surface area (Å²) in [5.41, 5.74) is 1.24. The van der Waals surface area contributed by atoms with Gasteiger partial charge < -0.3 is 9.90 Å². The second-order valence-corrected chi connectivity index (χ2v) is 3.18. The molecule has 0 spiro atoms. The minimum Gasteiger partial charge on any atom is -0.542 e. The molecule has 2 aromatic rings. The van der Waals surface area contributed by atoms with Gasteiger partial charge in [0.15, 0.2) is 7.05 Å². The van der Waals surface area contributed by atoms with Gasteiger partial charge in [-0.25, -0.2) is 0 Å². The van der Waals surface area contributed by atoms with Gasteiger partial charge in [-0.1, -0.05) is 12.1 Å². The highest BCUT2D eigenvalue weighted by atomic mass is 19.4. The molecule has 17 heavy (non-hydrogen) atoms. The van der Waals surface area contributed by atoms with Crippen molar-refractivity contribution in [1.29, 1.82) is 0 Å². The van der Waals surface area contributed by atoms with Crippen LogP contribution < -0.4 is 9.79 Å². The Morgan fingerprint density at radius 1 is 1.35 bits per heavy atom. The van der Waals surface area contributed by atoms with Crippen LogP contribution in [0.5, 0.6) is 0 Å². The molecular weight excluding hydrogens is 237 g/mol. The molecule has 1 heterocycles. The molecule has 0 aliphatic rings. The molecule has 1 N–H and O–H groups in total. The second-order valence-electron chi connectivity index (χ2n) is 3.18. The summed E-state index contributed by atoms with van der Waals surface area (Å²) in [4.78, 5) is 8.78. The smallest absolute Gasteiger partial charge is 0.430 e. The predicted octanol–water partition coefficient (Wildman–Crippen LogP) is 0.291. The number of carbonyl (C=O) groups excluding carboxylic acids is 1. The van der Waals surface area contributed by atoms with Gasteiger partial charge in [0.2, 0.25) is 5.52 Å². The minimum absolute atomic E-state index is 1.24.